The molecule has 0 aliphatic heterocycles. The zero-order valence-corrected chi connectivity index (χ0v) is 11.9. The molecule has 0 aliphatic rings. The smallest absolute Gasteiger partial charge is 0.0318 e. The van der Waals surface area contributed by atoms with Gasteiger partial charge in [-0.05, 0) is 52.8 Å². The molecule has 0 atom stereocenters. The number of benzene rings is 1. The summed E-state index contributed by atoms with van der Waals surface area (Å²) in [6, 6.07) is 10.5. The Balaban J connectivity index is 2.17. The van der Waals surface area contributed by atoms with Gasteiger partial charge in [-0.1, -0.05) is 17.8 Å². The predicted molar refractivity (Wildman–Crippen MR) is 75.3 cm³/mol. The van der Waals surface area contributed by atoms with Gasteiger partial charge in [0.25, 0.3) is 0 Å². The molecular weight excluding hydrogens is 296 g/mol. The van der Waals surface area contributed by atoms with Gasteiger partial charge >= 0.3 is 0 Å². The van der Waals surface area contributed by atoms with Crippen molar-refractivity contribution in [3.05, 3.63) is 52.8 Å². The average Bonchev–Trinajstić information content (AvgIpc) is 2.34. The lowest BCUT2D eigenvalue weighted by Gasteiger charge is -2.06. The van der Waals surface area contributed by atoms with Gasteiger partial charge in [-0.25, -0.2) is 0 Å². The predicted octanol–water partition coefficient (Wildman–Crippen LogP) is 3.71. The van der Waals surface area contributed by atoms with Crippen LogP contribution in [0.15, 0.2) is 57.0 Å². The molecule has 0 radical (unpaired) electrons. The van der Waals surface area contributed by atoms with E-state index < -0.39 is 0 Å². The summed E-state index contributed by atoms with van der Waals surface area (Å²) in [6.45, 7) is 0.888. The van der Waals surface area contributed by atoms with Crippen LogP contribution in [0.5, 0.6) is 0 Å². The van der Waals surface area contributed by atoms with E-state index in [9.17, 15) is 0 Å². The standard InChI is InChI=1S/C13H13BrN2S/c1-15-9-10-2-3-13(12(14)8-10)17-11-4-6-16-7-5-11/h2-8,15H,9H2,1H3. The Hall–Kier alpha value is -0.840. The molecule has 0 bridgehead atoms. The molecule has 0 spiro atoms. The molecule has 1 N–H and O–H groups in total. The minimum atomic E-state index is 0.888. The molecule has 4 heteroatoms. The molecule has 1 aromatic carbocycles. The Morgan fingerprint density at radius 2 is 2.00 bits per heavy atom. The van der Waals surface area contributed by atoms with Crippen molar-refractivity contribution in [3.8, 4) is 0 Å². The van der Waals surface area contributed by atoms with E-state index in [0.29, 0.717) is 0 Å². The maximum absolute atomic E-state index is 4.01. The number of aromatic nitrogens is 1. The van der Waals surface area contributed by atoms with E-state index in [-0.39, 0.29) is 0 Å². The molecular formula is C13H13BrN2S. The van der Waals surface area contributed by atoms with Crippen molar-refractivity contribution in [1.82, 2.24) is 10.3 Å². The van der Waals surface area contributed by atoms with Crippen LogP contribution in [0, 0.1) is 0 Å². The second-order valence-corrected chi connectivity index (χ2v) is 5.55. The van der Waals surface area contributed by atoms with Crippen LogP contribution in [0.4, 0.5) is 0 Å². The zero-order valence-electron chi connectivity index (χ0n) is 9.48. The van der Waals surface area contributed by atoms with Crippen molar-refractivity contribution in [2.24, 2.45) is 0 Å². The quantitative estimate of drug-likeness (QED) is 0.932. The van der Waals surface area contributed by atoms with Crippen LogP contribution in [0.1, 0.15) is 5.56 Å². The van der Waals surface area contributed by atoms with Crippen molar-refractivity contribution in [2.75, 3.05) is 7.05 Å². The lowest BCUT2D eigenvalue weighted by Crippen LogP contribution is -2.04. The molecule has 2 aromatic rings. The SMILES string of the molecule is CNCc1ccc(Sc2ccncc2)c(Br)c1. The minimum Gasteiger partial charge on any atom is -0.316 e. The molecule has 0 unspecified atom stereocenters. The summed E-state index contributed by atoms with van der Waals surface area (Å²) in [7, 11) is 1.95. The van der Waals surface area contributed by atoms with Gasteiger partial charge < -0.3 is 5.32 Å². The van der Waals surface area contributed by atoms with Gasteiger partial charge in [0, 0.05) is 33.2 Å². The van der Waals surface area contributed by atoms with E-state index in [1.54, 1.807) is 11.8 Å². The van der Waals surface area contributed by atoms with Crippen molar-refractivity contribution in [2.45, 2.75) is 16.3 Å². The van der Waals surface area contributed by atoms with Gasteiger partial charge in [0.2, 0.25) is 0 Å². The third-order valence-corrected chi connectivity index (χ3v) is 4.26. The van der Waals surface area contributed by atoms with Gasteiger partial charge in [0.1, 0.15) is 0 Å². The summed E-state index contributed by atoms with van der Waals surface area (Å²) >= 11 is 5.34. The Kier molecular flexibility index (Phi) is 4.59. The molecule has 1 aromatic heterocycles. The van der Waals surface area contributed by atoms with Crippen LogP contribution < -0.4 is 5.32 Å². The van der Waals surface area contributed by atoms with Gasteiger partial charge in [-0.15, -0.1) is 0 Å². The fraction of sp³-hybridized carbons (Fsp3) is 0.154. The molecule has 2 nitrogen and oxygen atoms in total. The normalized spacial score (nSPS) is 10.5. The second-order valence-electron chi connectivity index (χ2n) is 3.58. The molecule has 2 rings (SSSR count). The molecule has 1 heterocycles. The second kappa shape index (κ2) is 6.19. The van der Waals surface area contributed by atoms with E-state index in [2.05, 4.69) is 44.4 Å². The van der Waals surface area contributed by atoms with Crippen LogP contribution in [0.3, 0.4) is 0 Å². The van der Waals surface area contributed by atoms with Crippen LogP contribution in [-0.4, -0.2) is 12.0 Å². The van der Waals surface area contributed by atoms with Crippen molar-refractivity contribution in [1.29, 1.82) is 0 Å². The third-order valence-electron chi connectivity index (χ3n) is 2.25. The maximum Gasteiger partial charge on any atom is 0.0318 e. The largest absolute Gasteiger partial charge is 0.316 e. The van der Waals surface area contributed by atoms with E-state index >= 15 is 0 Å². The van der Waals surface area contributed by atoms with Crippen molar-refractivity contribution < 1.29 is 0 Å². The van der Waals surface area contributed by atoms with Crippen molar-refractivity contribution >= 4 is 27.7 Å². The Labute approximate surface area is 114 Å². The number of rotatable bonds is 4. The van der Waals surface area contributed by atoms with E-state index in [4.69, 9.17) is 0 Å². The molecule has 0 saturated heterocycles. The molecule has 88 valence electrons. The zero-order chi connectivity index (χ0) is 12.1. The van der Waals surface area contributed by atoms with Crippen LogP contribution in [-0.2, 0) is 6.54 Å². The summed E-state index contributed by atoms with van der Waals surface area (Å²) in [4.78, 5) is 6.43. The van der Waals surface area contributed by atoms with Gasteiger partial charge in [-0.2, -0.15) is 0 Å². The highest BCUT2D eigenvalue weighted by Crippen LogP contribution is 2.33. The minimum absolute atomic E-state index is 0.888. The summed E-state index contributed by atoms with van der Waals surface area (Å²) in [5, 5.41) is 3.14. The molecule has 0 amide bonds. The monoisotopic (exact) mass is 308 g/mol. The van der Waals surface area contributed by atoms with Gasteiger partial charge in [-0.3, -0.25) is 4.98 Å². The number of hydrogen-bond donors (Lipinski definition) is 1. The first kappa shape index (κ1) is 12.6. The fourth-order valence-corrected chi connectivity index (χ4v) is 2.95. The highest BCUT2D eigenvalue weighted by atomic mass is 79.9. The van der Waals surface area contributed by atoms with Gasteiger partial charge in [0.15, 0.2) is 0 Å². The lowest BCUT2D eigenvalue weighted by molar-refractivity contribution is 0.816. The molecule has 17 heavy (non-hydrogen) atoms. The third kappa shape index (κ3) is 3.56. The maximum atomic E-state index is 4.01. The number of pyridine rings is 1. The fourth-order valence-electron chi connectivity index (χ4n) is 1.47. The number of nitrogens with zero attached hydrogens (tertiary/aromatic N) is 1. The Morgan fingerprint density at radius 3 is 2.65 bits per heavy atom. The van der Waals surface area contributed by atoms with E-state index in [1.165, 1.54) is 15.4 Å². The highest BCUT2D eigenvalue weighted by molar-refractivity contribution is 9.10. The van der Waals surface area contributed by atoms with Crippen LogP contribution in [0.2, 0.25) is 0 Å². The van der Waals surface area contributed by atoms with Gasteiger partial charge in [0.05, 0.1) is 0 Å². The number of nitrogens with one attached hydrogen (secondary N) is 1. The average molecular weight is 309 g/mol. The number of hydrogen-bond acceptors (Lipinski definition) is 3. The van der Waals surface area contributed by atoms with E-state index in [0.717, 1.165) is 11.0 Å². The Bertz CT molecular complexity index is 488. The molecule has 0 aliphatic carbocycles. The molecule has 0 fully saturated rings. The first-order valence-corrected chi connectivity index (χ1v) is 6.91. The van der Waals surface area contributed by atoms with Crippen LogP contribution >= 0.6 is 27.7 Å². The summed E-state index contributed by atoms with van der Waals surface area (Å²) < 4.78 is 1.13. The van der Waals surface area contributed by atoms with E-state index in [1.807, 2.05) is 31.6 Å². The Morgan fingerprint density at radius 1 is 1.24 bits per heavy atom. The highest BCUT2D eigenvalue weighted by Gasteiger charge is 2.03. The van der Waals surface area contributed by atoms with Crippen molar-refractivity contribution in [3.63, 3.8) is 0 Å². The summed E-state index contributed by atoms with van der Waals surface area (Å²) in [6.07, 6.45) is 3.62. The summed E-state index contributed by atoms with van der Waals surface area (Å²) in [5.74, 6) is 0. The summed E-state index contributed by atoms with van der Waals surface area (Å²) in [5.41, 5.74) is 1.28. The topological polar surface area (TPSA) is 24.9 Å². The lowest BCUT2D eigenvalue weighted by atomic mass is 10.2. The first-order chi connectivity index (χ1) is 8.29. The van der Waals surface area contributed by atoms with Crippen LogP contribution in [0.25, 0.3) is 0 Å². The first-order valence-electron chi connectivity index (χ1n) is 5.30. The number of halogens is 1. The molecule has 0 saturated carbocycles.